The smallest absolute Gasteiger partial charge is 0.419 e. The van der Waals surface area contributed by atoms with Crippen LogP contribution in [0.2, 0.25) is 0 Å². The molecule has 2 aromatic carbocycles. The van der Waals surface area contributed by atoms with Crippen molar-refractivity contribution in [2.75, 3.05) is 0 Å². The van der Waals surface area contributed by atoms with Crippen LogP contribution >= 0.6 is 34.9 Å². The molecule has 0 aliphatic carbocycles. The summed E-state index contributed by atoms with van der Waals surface area (Å²) in [5.41, 5.74) is -1.08. The van der Waals surface area contributed by atoms with Crippen LogP contribution in [0, 0.1) is 5.82 Å². The van der Waals surface area contributed by atoms with E-state index in [1.165, 1.54) is 0 Å². The van der Waals surface area contributed by atoms with Crippen molar-refractivity contribution in [2.24, 2.45) is 5.73 Å². The van der Waals surface area contributed by atoms with E-state index in [2.05, 4.69) is 15.9 Å². The lowest BCUT2D eigenvalue weighted by Crippen LogP contribution is -2.12. The van der Waals surface area contributed by atoms with Crippen molar-refractivity contribution in [3.63, 3.8) is 0 Å². The fraction of sp³-hybridized carbons (Fsp3) is 0.167. The molecule has 4 N–H and O–H groups in total. The summed E-state index contributed by atoms with van der Waals surface area (Å²) in [7, 11) is -5.93. The van der Waals surface area contributed by atoms with E-state index in [1.807, 2.05) is 0 Å². The number of alkyl halides is 5. The SMILES string of the molecule is NC(=O)c1cc(OCc2ccc(C(F)(F)F)c(F)c2)c2sc(C(F)(F)P(=O)(O)O)c(Br)c2c1. The van der Waals surface area contributed by atoms with Gasteiger partial charge in [0.05, 0.1) is 10.3 Å². The van der Waals surface area contributed by atoms with Gasteiger partial charge in [0.15, 0.2) is 0 Å². The molecule has 0 atom stereocenters. The van der Waals surface area contributed by atoms with E-state index in [-0.39, 0.29) is 38.3 Å². The monoisotopic (exact) mass is 577 g/mol. The van der Waals surface area contributed by atoms with Crippen LogP contribution in [0.3, 0.4) is 0 Å². The average Bonchev–Trinajstić information content (AvgIpc) is 3.01. The van der Waals surface area contributed by atoms with Gasteiger partial charge < -0.3 is 20.3 Å². The summed E-state index contributed by atoms with van der Waals surface area (Å²) in [5.74, 6) is -2.77. The lowest BCUT2D eigenvalue weighted by atomic mass is 10.1. The first kappa shape index (κ1) is 25.5. The molecule has 0 fully saturated rings. The minimum Gasteiger partial charge on any atom is -0.487 e. The van der Waals surface area contributed by atoms with Gasteiger partial charge in [-0.2, -0.15) is 22.0 Å². The Labute approximate surface area is 193 Å². The van der Waals surface area contributed by atoms with E-state index < -0.39 is 52.7 Å². The molecule has 15 heteroatoms. The first-order valence-corrected chi connectivity index (χ1v) is 11.7. The van der Waals surface area contributed by atoms with Crippen LogP contribution in [0.15, 0.2) is 34.8 Å². The molecule has 178 valence electrons. The van der Waals surface area contributed by atoms with Gasteiger partial charge in [0.2, 0.25) is 5.91 Å². The molecule has 0 aliphatic rings. The molecule has 0 radical (unpaired) electrons. The summed E-state index contributed by atoms with van der Waals surface area (Å²) in [5, 5.41) is -0.0759. The number of halogens is 7. The second kappa shape index (κ2) is 8.58. The Morgan fingerprint density at radius 3 is 2.30 bits per heavy atom. The standard InChI is InChI=1S/C18H11BrF6NO5PS/c19-13-9-4-8(16(26)27)5-12(14(9)33-15(13)18(24,25)32(28,29)30)31-6-7-1-2-10(11(20)3-7)17(21,22)23/h1-5H,6H2,(H2,26,27)(H2,28,29,30). The van der Waals surface area contributed by atoms with Gasteiger partial charge in [-0.15, -0.1) is 11.3 Å². The number of amides is 1. The van der Waals surface area contributed by atoms with Gasteiger partial charge in [0.25, 0.3) is 0 Å². The van der Waals surface area contributed by atoms with Gasteiger partial charge in [0.1, 0.15) is 23.1 Å². The fourth-order valence-electron chi connectivity index (χ4n) is 2.75. The Kier molecular flexibility index (Phi) is 6.63. The highest BCUT2D eigenvalue weighted by atomic mass is 79.9. The topological polar surface area (TPSA) is 110 Å². The summed E-state index contributed by atoms with van der Waals surface area (Å²) in [6.45, 7) is -0.522. The molecule has 1 heterocycles. The molecule has 1 aromatic heterocycles. The van der Waals surface area contributed by atoms with Gasteiger partial charge in [-0.1, -0.05) is 6.07 Å². The predicted molar refractivity (Wildman–Crippen MR) is 110 cm³/mol. The number of carbonyl (C=O) groups is 1. The molecule has 0 aliphatic heterocycles. The summed E-state index contributed by atoms with van der Waals surface area (Å²) in [4.78, 5) is 28.7. The van der Waals surface area contributed by atoms with Gasteiger partial charge >= 0.3 is 19.4 Å². The molecule has 0 saturated heterocycles. The quantitative estimate of drug-likeness (QED) is 0.256. The molecule has 0 bridgehead atoms. The number of nitrogens with two attached hydrogens (primary N) is 1. The van der Waals surface area contributed by atoms with Crippen molar-refractivity contribution in [1.82, 2.24) is 0 Å². The lowest BCUT2D eigenvalue weighted by Gasteiger charge is -2.16. The highest BCUT2D eigenvalue weighted by molar-refractivity contribution is 9.10. The first-order chi connectivity index (χ1) is 15.0. The van der Waals surface area contributed by atoms with E-state index in [0.717, 1.165) is 18.2 Å². The fourth-order valence-corrected chi connectivity index (χ4v) is 5.73. The van der Waals surface area contributed by atoms with Crippen LogP contribution in [-0.4, -0.2) is 15.7 Å². The highest BCUT2D eigenvalue weighted by Gasteiger charge is 2.53. The van der Waals surface area contributed by atoms with Crippen molar-refractivity contribution in [3.05, 3.63) is 62.2 Å². The minimum atomic E-state index is -5.93. The molecule has 33 heavy (non-hydrogen) atoms. The van der Waals surface area contributed by atoms with Gasteiger partial charge in [-0.05, 0) is 45.8 Å². The molecule has 0 unspecified atom stereocenters. The van der Waals surface area contributed by atoms with Crippen molar-refractivity contribution >= 4 is 50.9 Å². The van der Waals surface area contributed by atoms with E-state index in [0.29, 0.717) is 12.1 Å². The summed E-state index contributed by atoms with van der Waals surface area (Å²) in [6, 6.07) is 4.19. The predicted octanol–water partition coefficient (Wildman–Crippen LogP) is 5.73. The lowest BCUT2D eigenvalue weighted by molar-refractivity contribution is -0.140. The molecular formula is C18H11BrF6NO5PS. The summed E-state index contributed by atoms with van der Waals surface area (Å²) in [6.07, 6.45) is -4.91. The minimum absolute atomic E-state index is 0.0467. The largest absolute Gasteiger partial charge is 0.487 e. The number of rotatable bonds is 6. The van der Waals surface area contributed by atoms with E-state index in [1.54, 1.807) is 0 Å². The number of hydrogen-bond acceptors (Lipinski definition) is 4. The first-order valence-electron chi connectivity index (χ1n) is 8.52. The number of fused-ring (bicyclic) bond motifs is 1. The zero-order valence-electron chi connectivity index (χ0n) is 15.8. The highest BCUT2D eigenvalue weighted by Crippen LogP contribution is 2.63. The Morgan fingerprint density at radius 1 is 1.15 bits per heavy atom. The molecule has 0 spiro atoms. The Morgan fingerprint density at radius 2 is 1.79 bits per heavy atom. The van der Waals surface area contributed by atoms with Crippen molar-refractivity contribution in [3.8, 4) is 5.75 Å². The van der Waals surface area contributed by atoms with Crippen LogP contribution in [0.25, 0.3) is 10.1 Å². The van der Waals surface area contributed by atoms with Crippen molar-refractivity contribution in [2.45, 2.75) is 18.4 Å². The van der Waals surface area contributed by atoms with Crippen LogP contribution in [0.1, 0.15) is 26.4 Å². The van der Waals surface area contributed by atoms with E-state index in [4.69, 9.17) is 20.3 Å². The third-order valence-corrected chi connectivity index (χ3v) is 7.83. The number of hydrogen-bond donors (Lipinski definition) is 3. The van der Waals surface area contributed by atoms with Gasteiger partial charge in [-0.25, -0.2) is 4.39 Å². The summed E-state index contributed by atoms with van der Waals surface area (Å²) < 4.78 is 96.8. The average molecular weight is 578 g/mol. The summed E-state index contributed by atoms with van der Waals surface area (Å²) >= 11 is 3.11. The van der Waals surface area contributed by atoms with Gasteiger partial charge in [-0.3, -0.25) is 9.36 Å². The number of ether oxygens (including phenoxy) is 1. The third-order valence-electron chi connectivity index (χ3n) is 4.35. The van der Waals surface area contributed by atoms with Crippen LogP contribution in [0.5, 0.6) is 5.75 Å². The molecule has 3 aromatic rings. The molecule has 3 rings (SSSR count). The van der Waals surface area contributed by atoms with Crippen LogP contribution < -0.4 is 10.5 Å². The molecule has 0 saturated carbocycles. The maximum atomic E-state index is 14.3. The van der Waals surface area contributed by atoms with Gasteiger partial charge in [0, 0.05) is 15.4 Å². The number of benzene rings is 2. The Bertz CT molecular complexity index is 1310. The van der Waals surface area contributed by atoms with Crippen LogP contribution in [0.4, 0.5) is 26.3 Å². The Balaban J connectivity index is 2.07. The van der Waals surface area contributed by atoms with E-state index >= 15 is 0 Å². The zero-order valence-corrected chi connectivity index (χ0v) is 19.1. The molecule has 6 nitrogen and oxygen atoms in total. The Hall–Kier alpha value is -2.12. The normalized spacial score (nSPS) is 12.9. The van der Waals surface area contributed by atoms with E-state index in [9.17, 15) is 35.7 Å². The molecular weight excluding hydrogens is 567 g/mol. The maximum Gasteiger partial charge on any atom is 0.419 e. The van der Waals surface area contributed by atoms with Crippen molar-refractivity contribution < 1.29 is 50.2 Å². The number of carbonyl (C=O) groups excluding carboxylic acids is 1. The molecule has 1 amide bonds. The second-order valence-electron chi connectivity index (χ2n) is 6.65. The number of thiophene rings is 1. The third kappa shape index (κ3) is 4.90. The zero-order chi connectivity index (χ0) is 24.9. The van der Waals surface area contributed by atoms with Crippen LogP contribution in [-0.2, 0) is 23.0 Å². The maximum absolute atomic E-state index is 14.3. The van der Waals surface area contributed by atoms with Crippen molar-refractivity contribution in [1.29, 1.82) is 0 Å². The number of primary amides is 1. The second-order valence-corrected chi connectivity index (χ2v) is 10.1.